The van der Waals surface area contributed by atoms with Gasteiger partial charge in [0.15, 0.2) is 0 Å². The molecule has 0 saturated carbocycles. The molecule has 0 aliphatic carbocycles. The summed E-state index contributed by atoms with van der Waals surface area (Å²) in [5, 5.41) is 14.6. The Morgan fingerprint density at radius 3 is 2.29 bits per heavy atom. The molecule has 80 valence electrons. The van der Waals surface area contributed by atoms with Crippen LogP contribution in [0.1, 0.15) is 18.7 Å². The number of hydrogen-bond acceptors (Lipinski definition) is 4. The van der Waals surface area contributed by atoms with Gasteiger partial charge < -0.3 is 5.11 Å². The minimum atomic E-state index is -3.71. The smallest absolute Gasteiger partial charge is 0.248 e. The van der Waals surface area contributed by atoms with Crippen LogP contribution in [0.5, 0.6) is 0 Å². The molecule has 1 rings (SSSR count). The Hall–Kier alpha value is 0.0500. The number of hydrogen-bond donors (Lipinski definition) is 2. The largest absolute Gasteiger partial charge is 0.385 e. The van der Waals surface area contributed by atoms with Gasteiger partial charge in [0.25, 0.3) is 0 Å². The van der Waals surface area contributed by atoms with Gasteiger partial charge in [-0.1, -0.05) is 0 Å². The lowest BCUT2D eigenvalue weighted by Gasteiger charge is -2.13. The predicted molar refractivity (Wildman–Crippen MR) is 58.6 cm³/mol. The van der Waals surface area contributed by atoms with Crippen molar-refractivity contribution in [3.63, 3.8) is 0 Å². The standard InChI is InChI=1S/C7H10BrNO3S2/c1-7(2,10)5-3-4(8)6(13-5)14(9,11)12/h3,10H,1-2H3,(H2,9,11,12). The Labute approximate surface area is 94.9 Å². The molecule has 0 atom stereocenters. The molecule has 1 heterocycles. The van der Waals surface area contributed by atoms with E-state index in [-0.39, 0.29) is 4.21 Å². The molecule has 1 aromatic rings. The summed E-state index contributed by atoms with van der Waals surface area (Å²) in [6.45, 7) is 3.16. The van der Waals surface area contributed by atoms with Gasteiger partial charge in [-0.15, -0.1) is 11.3 Å². The van der Waals surface area contributed by atoms with Gasteiger partial charge in [-0.05, 0) is 35.8 Å². The molecule has 14 heavy (non-hydrogen) atoms. The van der Waals surface area contributed by atoms with Crippen LogP contribution < -0.4 is 5.14 Å². The second-order valence-corrected chi connectivity index (χ2v) is 7.01. The SMILES string of the molecule is CC(C)(O)c1cc(Br)c(S(N)(=O)=O)s1. The average Bonchev–Trinajstić information content (AvgIpc) is 2.27. The first-order valence-electron chi connectivity index (χ1n) is 3.67. The molecule has 0 aliphatic heterocycles. The van der Waals surface area contributed by atoms with Crippen molar-refractivity contribution in [2.24, 2.45) is 5.14 Å². The van der Waals surface area contributed by atoms with E-state index >= 15 is 0 Å². The van der Waals surface area contributed by atoms with Gasteiger partial charge in [-0.2, -0.15) is 0 Å². The maximum atomic E-state index is 11.1. The Morgan fingerprint density at radius 2 is 2.07 bits per heavy atom. The maximum absolute atomic E-state index is 11.1. The van der Waals surface area contributed by atoms with Crippen molar-refractivity contribution in [1.29, 1.82) is 0 Å². The summed E-state index contributed by atoms with van der Waals surface area (Å²) in [4.78, 5) is 0.549. The van der Waals surface area contributed by atoms with E-state index in [1.807, 2.05) is 0 Å². The number of sulfonamides is 1. The van der Waals surface area contributed by atoms with E-state index in [4.69, 9.17) is 5.14 Å². The van der Waals surface area contributed by atoms with Crippen LogP contribution in [0.3, 0.4) is 0 Å². The third-order valence-corrected chi connectivity index (χ3v) is 5.59. The fourth-order valence-electron chi connectivity index (χ4n) is 0.848. The van der Waals surface area contributed by atoms with E-state index in [0.717, 1.165) is 11.3 Å². The molecule has 3 N–H and O–H groups in total. The minimum Gasteiger partial charge on any atom is -0.385 e. The third-order valence-electron chi connectivity index (χ3n) is 1.52. The number of halogens is 1. The second-order valence-electron chi connectivity index (χ2n) is 3.35. The molecule has 0 bridgehead atoms. The minimum absolute atomic E-state index is 0.0367. The second kappa shape index (κ2) is 3.57. The molecule has 0 spiro atoms. The highest BCUT2D eigenvalue weighted by Gasteiger charge is 2.24. The van der Waals surface area contributed by atoms with Crippen molar-refractivity contribution in [1.82, 2.24) is 0 Å². The molecule has 7 heteroatoms. The number of rotatable bonds is 2. The van der Waals surface area contributed by atoms with Crippen LogP contribution in [0.15, 0.2) is 14.7 Å². The van der Waals surface area contributed by atoms with Gasteiger partial charge in [-0.3, -0.25) is 0 Å². The van der Waals surface area contributed by atoms with E-state index in [0.29, 0.717) is 9.35 Å². The summed E-state index contributed by atoms with van der Waals surface area (Å²) in [5.74, 6) is 0. The monoisotopic (exact) mass is 299 g/mol. The maximum Gasteiger partial charge on any atom is 0.248 e. The predicted octanol–water partition coefficient (Wildman–Crippen LogP) is 1.39. The highest BCUT2D eigenvalue weighted by Crippen LogP contribution is 2.36. The van der Waals surface area contributed by atoms with Crippen molar-refractivity contribution < 1.29 is 13.5 Å². The van der Waals surface area contributed by atoms with Crippen LogP contribution in [0.2, 0.25) is 0 Å². The molecular formula is C7H10BrNO3S2. The quantitative estimate of drug-likeness (QED) is 0.866. The molecule has 0 amide bonds. The summed E-state index contributed by atoms with van der Waals surface area (Å²) in [7, 11) is -3.71. The molecule has 0 unspecified atom stereocenters. The average molecular weight is 300 g/mol. The zero-order chi connectivity index (χ0) is 11.1. The van der Waals surface area contributed by atoms with Gasteiger partial charge in [0.05, 0.1) is 5.60 Å². The topological polar surface area (TPSA) is 80.4 Å². The zero-order valence-electron chi connectivity index (χ0n) is 7.61. The normalized spacial score (nSPS) is 13.2. The molecule has 0 radical (unpaired) electrons. The number of nitrogens with two attached hydrogens (primary N) is 1. The lowest BCUT2D eigenvalue weighted by molar-refractivity contribution is 0.0825. The van der Waals surface area contributed by atoms with Crippen LogP contribution in [-0.4, -0.2) is 13.5 Å². The Balaban J connectivity index is 3.33. The van der Waals surface area contributed by atoms with E-state index in [1.54, 1.807) is 19.9 Å². The number of aliphatic hydroxyl groups is 1. The Bertz CT molecular complexity index is 444. The molecule has 0 aromatic carbocycles. The summed E-state index contributed by atoms with van der Waals surface area (Å²) in [6.07, 6.45) is 0. The Morgan fingerprint density at radius 1 is 1.57 bits per heavy atom. The van der Waals surface area contributed by atoms with E-state index in [9.17, 15) is 13.5 Å². The molecule has 1 aromatic heterocycles. The van der Waals surface area contributed by atoms with Crippen LogP contribution in [0.25, 0.3) is 0 Å². The van der Waals surface area contributed by atoms with Gasteiger partial charge in [0, 0.05) is 9.35 Å². The zero-order valence-corrected chi connectivity index (χ0v) is 10.8. The van der Waals surface area contributed by atoms with Crippen molar-refractivity contribution in [3.05, 3.63) is 15.4 Å². The Kier molecular flexibility index (Phi) is 3.09. The highest BCUT2D eigenvalue weighted by molar-refractivity contribution is 9.10. The first-order valence-corrected chi connectivity index (χ1v) is 6.83. The summed E-state index contributed by atoms with van der Waals surface area (Å²) < 4.78 is 22.6. The first-order chi connectivity index (χ1) is 6.12. The van der Waals surface area contributed by atoms with Gasteiger partial charge in [0.2, 0.25) is 10.0 Å². The van der Waals surface area contributed by atoms with Crippen molar-refractivity contribution in [2.45, 2.75) is 23.7 Å². The number of thiophene rings is 1. The van der Waals surface area contributed by atoms with Gasteiger partial charge in [0.1, 0.15) is 4.21 Å². The van der Waals surface area contributed by atoms with Crippen LogP contribution in [0.4, 0.5) is 0 Å². The lowest BCUT2D eigenvalue weighted by Crippen LogP contribution is -2.13. The van der Waals surface area contributed by atoms with Crippen molar-refractivity contribution in [3.8, 4) is 0 Å². The van der Waals surface area contributed by atoms with Crippen LogP contribution in [-0.2, 0) is 15.6 Å². The summed E-state index contributed by atoms with van der Waals surface area (Å²) in [6, 6.07) is 1.56. The highest BCUT2D eigenvalue weighted by atomic mass is 79.9. The molecule has 4 nitrogen and oxygen atoms in total. The van der Waals surface area contributed by atoms with Crippen LogP contribution in [0, 0.1) is 0 Å². The molecule has 0 saturated heterocycles. The van der Waals surface area contributed by atoms with E-state index < -0.39 is 15.6 Å². The van der Waals surface area contributed by atoms with Crippen molar-refractivity contribution in [2.75, 3.05) is 0 Å². The summed E-state index contributed by atoms with van der Waals surface area (Å²) >= 11 is 4.05. The first kappa shape index (κ1) is 12.1. The fraction of sp³-hybridized carbons (Fsp3) is 0.429. The summed E-state index contributed by atoms with van der Waals surface area (Å²) in [5.41, 5.74) is -1.06. The van der Waals surface area contributed by atoms with Gasteiger partial charge >= 0.3 is 0 Å². The van der Waals surface area contributed by atoms with Gasteiger partial charge in [-0.25, -0.2) is 13.6 Å². The molecule has 0 fully saturated rings. The van der Waals surface area contributed by atoms with Crippen molar-refractivity contribution >= 4 is 37.3 Å². The third kappa shape index (κ3) is 2.54. The number of primary sulfonamides is 1. The molecule has 0 aliphatic rings. The van der Waals surface area contributed by atoms with E-state index in [1.165, 1.54) is 0 Å². The lowest BCUT2D eigenvalue weighted by atomic mass is 10.1. The van der Waals surface area contributed by atoms with E-state index in [2.05, 4.69) is 15.9 Å². The molecular weight excluding hydrogens is 290 g/mol. The van der Waals surface area contributed by atoms with Crippen LogP contribution >= 0.6 is 27.3 Å². The fourth-order valence-corrected chi connectivity index (χ4v) is 4.00.